The molecule has 0 saturated carbocycles. The minimum atomic E-state index is 0. The average molecular weight is 376 g/mol. The fraction of sp³-hybridized carbons (Fsp3) is 0. The van der Waals surface area contributed by atoms with Crippen molar-refractivity contribution in [1.82, 2.24) is 0 Å². The quantitative estimate of drug-likeness (QED) is 0.548. The van der Waals surface area contributed by atoms with E-state index >= 15 is 0 Å². The van der Waals surface area contributed by atoms with E-state index in [4.69, 9.17) is 1.88 Å². The van der Waals surface area contributed by atoms with E-state index in [0.717, 1.165) is 0 Å². The third kappa shape index (κ3) is 19.8. The zero-order valence-electron chi connectivity index (χ0n) is 2.12. The van der Waals surface area contributed by atoms with Crippen molar-refractivity contribution in [3.05, 3.63) is 0 Å². The fourth-order valence-corrected chi connectivity index (χ4v) is 0. The molecule has 0 spiro atoms. The van der Waals surface area contributed by atoms with Gasteiger partial charge >= 0.3 is 81.4 Å². The van der Waals surface area contributed by atoms with E-state index in [1.54, 1.807) is 0 Å². The number of hydrogen-bond donors (Lipinski definition) is 0. The molecule has 0 unspecified atom stereocenters. The monoisotopic (exact) mass is 375 g/mol. The molecular weight excluding hydrogens is 376 g/mol. The molecule has 31 valence electrons. The van der Waals surface area contributed by atoms with E-state index < -0.39 is 0 Å². The molecule has 2 nitrogen and oxygen atoms in total. The van der Waals surface area contributed by atoms with Gasteiger partial charge in [0.1, 0.15) is 0 Å². The van der Waals surface area contributed by atoms with E-state index in [1.807, 2.05) is 0 Å². The van der Waals surface area contributed by atoms with Gasteiger partial charge in [-0.3, -0.25) is 0 Å². The van der Waals surface area contributed by atoms with E-state index in [9.17, 15) is 0 Å². The predicted molar refractivity (Wildman–Crippen MR) is 1.37 cm³/mol. The summed E-state index contributed by atoms with van der Waals surface area (Å²) in [6, 6.07) is 0. The summed E-state index contributed by atoms with van der Waals surface area (Å²) < 4.78 is 16.8. The van der Waals surface area contributed by atoms with Crippen LogP contribution in [0, 0.1) is 79.5 Å². The maximum atomic E-state index is 8.39. The molecule has 0 rings (SSSR count). The van der Waals surface area contributed by atoms with E-state index in [0.29, 0.717) is 0 Å². The maximum absolute atomic E-state index is 8.39. The zero-order valence-corrected chi connectivity index (χ0v) is 9.34. The molecule has 0 atom stereocenters. The summed E-state index contributed by atoms with van der Waals surface area (Å²) in [5.41, 5.74) is 0. The van der Waals surface area contributed by atoms with Crippen LogP contribution in [0.3, 0.4) is 0 Å². The van der Waals surface area contributed by atoms with Crippen LogP contribution in [-0.4, -0.2) is 0 Å². The van der Waals surface area contributed by atoms with Gasteiger partial charge < -0.3 is 0 Å². The summed E-state index contributed by atoms with van der Waals surface area (Å²) in [7, 11) is 0. The second kappa shape index (κ2) is 28.7. The molecule has 0 bridgehead atoms. The van der Waals surface area contributed by atoms with Crippen molar-refractivity contribution in [1.29, 1.82) is 0 Å². The SMILES string of the molecule is [Cu].[O]=[Ce].[O]=[Ce]. The zero-order chi connectivity index (χ0) is 4.00. The van der Waals surface area contributed by atoms with Crippen LogP contribution in [0.1, 0.15) is 0 Å². The van der Waals surface area contributed by atoms with Gasteiger partial charge in [-0.2, -0.15) is 0 Å². The first-order valence-electron chi connectivity index (χ1n) is 0.408. The molecule has 0 aromatic heterocycles. The summed E-state index contributed by atoms with van der Waals surface area (Å²) in [4.78, 5) is 0. The van der Waals surface area contributed by atoms with Gasteiger partial charge in [0, 0.05) is 17.1 Å². The van der Waals surface area contributed by atoms with Crippen LogP contribution < -0.4 is 0 Å². The van der Waals surface area contributed by atoms with Crippen molar-refractivity contribution in [3.63, 3.8) is 0 Å². The Labute approximate surface area is 95.7 Å². The Bertz CT molecular complexity index is 9.61. The molecule has 0 N–H and O–H groups in total. The standard InChI is InChI=1S/2Ce.Cu.2O. The van der Waals surface area contributed by atoms with Gasteiger partial charge in [-0.1, -0.05) is 0 Å². The van der Waals surface area contributed by atoms with Crippen molar-refractivity contribution >= 4 is 0 Å². The summed E-state index contributed by atoms with van der Waals surface area (Å²) in [6.45, 7) is 0. The molecule has 0 aliphatic rings. The Morgan fingerprint density at radius 3 is 0.800 bits per heavy atom. The van der Waals surface area contributed by atoms with Crippen LogP contribution in [0.5, 0.6) is 0 Å². The van der Waals surface area contributed by atoms with E-state index in [2.05, 4.69) is 0 Å². The van der Waals surface area contributed by atoms with Gasteiger partial charge in [0.2, 0.25) is 0 Å². The first-order chi connectivity index (χ1) is 2.00. The van der Waals surface area contributed by atoms with Crippen LogP contribution in [0.25, 0.3) is 0 Å². The first-order valence-corrected chi connectivity index (χ1v) is 2.97. The molecule has 5 heteroatoms. The molecule has 0 heterocycles. The first kappa shape index (κ1) is 15.7. The summed E-state index contributed by atoms with van der Waals surface area (Å²) >= 11 is 0.111. The minimum absolute atomic E-state index is 0. The van der Waals surface area contributed by atoms with Crippen LogP contribution in [-0.2, 0) is 18.9 Å². The van der Waals surface area contributed by atoms with Crippen LogP contribution in [0.15, 0.2) is 0 Å². The van der Waals surface area contributed by atoms with Crippen molar-refractivity contribution in [2.24, 2.45) is 0 Å². The Morgan fingerprint density at radius 1 is 0.800 bits per heavy atom. The second-order valence-electron chi connectivity index (χ2n) is 0. The average Bonchev–Trinajstić information content (AvgIpc) is 1.50. The Balaban J connectivity index is -0.0000000133. The molecule has 0 saturated heterocycles. The molecule has 1 radical (unpaired) electrons. The third-order valence-corrected chi connectivity index (χ3v) is 0. The molecule has 0 aliphatic heterocycles. The van der Waals surface area contributed by atoms with Gasteiger partial charge in [0.05, 0.1) is 0 Å². The van der Waals surface area contributed by atoms with Gasteiger partial charge in [0.25, 0.3) is 0 Å². The predicted octanol–water partition coefficient (Wildman–Crippen LogP) is -0.240. The molecular formula is Ce2CuO2. The van der Waals surface area contributed by atoms with Crippen LogP contribution in [0.2, 0.25) is 0 Å². The Morgan fingerprint density at radius 2 is 0.800 bits per heavy atom. The summed E-state index contributed by atoms with van der Waals surface area (Å²) in [5, 5.41) is 0. The molecule has 0 aliphatic carbocycles. The molecule has 0 aromatic rings. The van der Waals surface area contributed by atoms with E-state index in [1.165, 1.54) is 0 Å². The van der Waals surface area contributed by atoms with Gasteiger partial charge in [-0.15, -0.1) is 0 Å². The van der Waals surface area contributed by atoms with Gasteiger partial charge in [-0.25, -0.2) is 0 Å². The van der Waals surface area contributed by atoms with Crippen molar-refractivity contribution in [2.45, 2.75) is 0 Å². The summed E-state index contributed by atoms with van der Waals surface area (Å²) in [6.07, 6.45) is 0. The van der Waals surface area contributed by atoms with Crippen LogP contribution >= 0.6 is 0 Å². The van der Waals surface area contributed by atoms with Gasteiger partial charge in [-0.05, 0) is 0 Å². The van der Waals surface area contributed by atoms with E-state index in [-0.39, 0.29) is 96.6 Å². The Hall–Kier alpha value is 2.87. The topological polar surface area (TPSA) is 34.1 Å². The second-order valence-corrected chi connectivity index (χ2v) is 0. The molecule has 5 heavy (non-hydrogen) atoms. The van der Waals surface area contributed by atoms with Crippen molar-refractivity contribution in [3.8, 4) is 0 Å². The summed E-state index contributed by atoms with van der Waals surface area (Å²) in [5.74, 6) is 0. The molecule has 0 amide bonds. The van der Waals surface area contributed by atoms with Gasteiger partial charge in [0.15, 0.2) is 0 Å². The van der Waals surface area contributed by atoms with Crippen molar-refractivity contribution < 1.29 is 98.5 Å². The fourth-order valence-electron chi connectivity index (χ4n) is 0. The molecule has 0 aromatic carbocycles. The molecule has 0 fully saturated rings. The number of rotatable bonds is 0. The van der Waals surface area contributed by atoms with Crippen molar-refractivity contribution in [2.75, 3.05) is 0 Å². The third-order valence-electron chi connectivity index (χ3n) is 0. The van der Waals surface area contributed by atoms with Crippen LogP contribution in [0.4, 0.5) is 0 Å². The number of hydrogen-bond acceptors (Lipinski definition) is 2. The Kier molecular flexibility index (Phi) is 90.0. The normalized spacial score (nSPS) is 1.20.